The van der Waals surface area contributed by atoms with Crippen LogP contribution in [0.5, 0.6) is 0 Å². The quantitative estimate of drug-likeness (QED) is 0.403. The Morgan fingerprint density at radius 3 is 2.15 bits per heavy atom. The molecule has 33 heavy (non-hydrogen) atoms. The molecule has 2 N–H and O–H groups in total. The van der Waals surface area contributed by atoms with Gasteiger partial charge in [0.2, 0.25) is 11.8 Å². The fourth-order valence-electron chi connectivity index (χ4n) is 3.03. The van der Waals surface area contributed by atoms with Crippen molar-refractivity contribution in [3.05, 3.63) is 34.3 Å². The third-order valence-corrected chi connectivity index (χ3v) is 5.62. The first-order chi connectivity index (χ1) is 15.9. The molecule has 0 unspecified atom stereocenters. The van der Waals surface area contributed by atoms with Crippen molar-refractivity contribution >= 4 is 39.7 Å². The molecule has 0 bridgehead atoms. The number of benzene rings is 1. The van der Waals surface area contributed by atoms with E-state index in [1.54, 1.807) is 65.8 Å². The van der Waals surface area contributed by atoms with Gasteiger partial charge in [-0.3, -0.25) is 14.4 Å². The second kappa shape index (κ2) is 13.3. The Kier molecular flexibility index (Phi) is 10.8. The van der Waals surface area contributed by atoms with Gasteiger partial charge >= 0.3 is 11.9 Å². The van der Waals surface area contributed by atoms with Gasteiger partial charge in [-0.05, 0) is 57.7 Å². The Balaban J connectivity index is 3.09. The van der Waals surface area contributed by atoms with E-state index < -0.39 is 47.2 Å². The molecule has 184 valence electrons. The van der Waals surface area contributed by atoms with Gasteiger partial charge in [0.15, 0.2) is 1.41 Å². The first-order valence-electron chi connectivity index (χ1n) is 11.5. The maximum absolute atomic E-state index is 13.3. The highest BCUT2D eigenvalue weighted by Crippen LogP contribution is 2.25. The van der Waals surface area contributed by atoms with E-state index in [-0.39, 0.29) is 26.1 Å². The molecule has 0 aromatic heterocycles. The van der Waals surface area contributed by atoms with Gasteiger partial charge < -0.3 is 20.1 Å². The maximum Gasteiger partial charge on any atom is 0.328 e. The first-order valence-corrected chi connectivity index (χ1v) is 11.9. The molecule has 8 nitrogen and oxygen atoms in total. The number of hydrogen-bond donors (Lipinski definition) is 2. The zero-order chi connectivity index (χ0) is 26.1. The number of carbonyl (C=O) groups is 4. The zero-order valence-corrected chi connectivity index (χ0v) is 21.7. The summed E-state index contributed by atoms with van der Waals surface area (Å²) in [6.45, 7) is 10.4. The molecule has 2 atom stereocenters. The molecule has 2 amide bonds. The molecule has 0 aliphatic heterocycles. The van der Waals surface area contributed by atoms with Crippen LogP contribution in [0.15, 0.2) is 28.7 Å². The third kappa shape index (κ3) is 8.79. The molecule has 9 heteroatoms. The van der Waals surface area contributed by atoms with Gasteiger partial charge in [0, 0.05) is 10.9 Å². The fraction of sp³-hybridized carbons (Fsp3) is 0.583. The van der Waals surface area contributed by atoms with Crippen molar-refractivity contribution in [3.63, 3.8) is 0 Å². The van der Waals surface area contributed by atoms with Crippen molar-refractivity contribution in [1.82, 2.24) is 10.6 Å². The molecule has 0 saturated heterocycles. The predicted octanol–water partition coefficient (Wildman–Crippen LogP) is 3.26. The van der Waals surface area contributed by atoms with E-state index >= 15 is 0 Å². The van der Waals surface area contributed by atoms with Crippen LogP contribution in [0, 0.1) is 5.92 Å². The van der Waals surface area contributed by atoms with Crippen molar-refractivity contribution in [2.45, 2.75) is 71.9 Å². The van der Waals surface area contributed by atoms with E-state index in [1.165, 1.54) is 0 Å². The summed E-state index contributed by atoms with van der Waals surface area (Å²) >= 11 is 3.36. The lowest BCUT2D eigenvalue weighted by molar-refractivity contribution is -0.149. The summed E-state index contributed by atoms with van der Waals surface area (Å²) in [6, 6.07) is 4.90. The van der Waals surface area contributed by atoms with Crippen molar-refractivity contribution in [2.24, 2.45) is 5.92 Å². The van der Waals surface area contributed by atoms with Gasteiger partial charge in [-0.2, -0.15) is 0 Å². The van der Waals surface area contributed by atoms with Crippen LogP contribution in [-0.4, -0.2) is 49.1 Å². The molecule has 0 fully saturated rings. The number of ether oxygens (including phenoxy) is 2. The van der Waals surface area contributed by atoms with Gasteiger partial charge in [0.05, 0.1) is 18.6 Å². The molecular weight excluding hydrogens is 492 g/mol. The number of esters is 2. The van der Waals surface area contributed by atoms with Gasteiger partial charge in [0.1, 0.15) is 12.1 Å². The van der Waals surface area contributed by atoms with Gasteiger partial charge in [0.25, 0.3) is 0 Å². The SMILES string of the molecule is [2H]N(C(=O)C(C)(C)c1ccc(Br)cc1)[C@H](C(=O)N[C@@H](CCC(=O)OCC)C(=O)OCC)C(C)C. The number of rotatable bonds is 12. The highest BCUT2D eigenvalue weighted by molar-refractivity contribution is 9.10. The molecule has 1 rings (SSSR count). The van der Waals surface area contributed by atoms with E-state index in [0.29, 0.717) is 10.9 Å². The first kappa shape index (κ1) is 26.8. The molecule has 1 aromatic carbocycles. The zero-order valence-electron chi connectivity index (χ0n) is 21.1. The summed E-state index contributed by atoms with van der Waals surface area (Å²) < 4.78 is 19.3. The van der Waals surface area contributed by atoms with E-state index in [2.05, 4.69) is 21.2 Å². The van der Waals surface area contributed by atoms with E-state index in [1.807, 2.05) is 0 Å². The molecular formula is C24H35BrN2O6. The summed E-state index contributed by atoms with van der Waals surface area (Å²) in [4.78, 5) is 50.6. The Morgan fingerprint density at radius 2 is 1.64 bits per heavy atom. The fourth-order valence-corrected chi connectivity index (χ4v) is 3.30. The minimum atomic E-state index is -1.17. The van der Waals surface area contributed by atoms with Crippen LogP contribution in [0.2, 0.25) is 1.41 Å². The second-order valence-corrected chi connectivity index (χ2v) is 9.33. The Bertz CT molecular complexity index is 860. The molecule has 1 aromatic rings. The number of carbonyl (C=O) groups excluding carboxylic acids is 4. The number of amides is 2. The molecule has 0 aliphatic rings. The van der Waals surface area contributed by atoms with Crippen LogP contribution < -0.4 is 10.6 Å². The number of halogens is 1. The number of nitrogens with one attached hydrogen (secondary N) is 2. The Hall–Kier alpha value is -2.42. The summed E-state index contributed by atoms with van der Waals surface area (Å²) in [7, 11) is 0. The van der Waals surface area contributed by atoms with Crippen LogP contribution in [0.1, 0.15) is 59.9 Å². The monoisotopic (exact) mass is 527 g/mol. The lowest BCUT2D eigenvalue weighted by Gasteiger charge is -2.30. The number of hydrogen-bond acceptors (Lipinski definition) is 6. The predicted molar refractivity (Wildman–Crippen MR) is 128 cm³/mol. The topological polar surface area (TPSA) is 111 Å². The average molecular weight is 528 g/mol. The average Bonchev–Trinajstić information content (AvgIpc) is 2.76. The van der Waals surface area contributed by atoms with Crippen LogP contribution in [0.4, 0.5) is 0 Å². The minimum Gasteiger partial charge on any atom is -0.466 e. The highest BCUT2D eigenvalue weighted by atomic mass is 79.9. The molecule has 0 heterocycles. The Labute approximate surface area is 205 Å². The second-order valence-electron chi connectivity index (χ2n) is 8.41. The van der Waals surface area contributed by atoms with Crippen molar-refractivity contribution < 1.29 is 30.1 Å². The minimum absolute atomic E-state index is 0.0233. The van der Waals surface area contributed by atoms with Gasteiger partial charge in [-0.1, -0.05) is 41.9 Å². The van der Waals surface area contributed by atoms with E-state index in [0.717, 1.165) is 4.47 Å². The molecule has 0 radical (unpaired) electrons. The lowest BCUT2D eigenvalue weighted by atomic mass is 9.83. The maximum atomic E-state index is 13.3. The van der Waals surface area contributed by atoms with E-state index in [4.69, 9.17) is 10.9 Å². The van der Waals surface area contributed by atoms with Gasteiger partial charge in [-0.25, -0.2) is 4.79 Å². The standard InChI is InChI=1S/C24H35BrN2O6/c1-7-32-19(28)14-13-18(22(30)33-8-2)26-21(29)20(15(3)4)27-23(31)24(5,6)16-9-11-17(25)12-10-16/h9-12,15,18,20H,7-8,13-14H2,1-6H3,(H,26,29)(H,27,31)/t18-,20-/m0/s1/i/hD. The summed E-state index contributed by atoms with van der Waals surface area (Å²) in [5.74, 6) is -2.86. The third-order valence-electron chi connectivity index (χ3n) is 5.09. The van der Waals surface area contributed by atoms with E-state index in [9.17, 15) is 19.2 Å². The molecule has 0 spiro atoms. The highest BCUT2D eigenvalue weighted by Gasteiger charge is 2.35. The van der Waals surface area contributed by atoms with Crippen LogP contribution in [0.25, 0.3) is 0 Å². The van der Waals surface area contributed by atoms with Gasteiger partial charge in [-0.15, -0.1) is 0 Å². The largest absolute Gasteiger partial charge is 0.466 e. The van der Waals surface area contributed by atoms with Crippen molar-refractivity contribution in [2.75, 3.05) is 13.2 Å². The van der Waals surface area contributed by atoms with Crippen LogP contribution in [-0.2, 0) is 34.1 Å². The summed E-state index contributed by atoms with van der Waals surface area (Å²) in [6.07, 6.45) is -0.116. The smallest absolute Gasteiger partial charge is 0.328 e. The normalized spacial score (nSPS) is 13.5. The lowest BCUT2D eigenvalue weighted by Crippen LogP contribution is -2.56. The summed E-state index contributed by atoms with van der Waals surface area (Å²) in [5.41, 5.74) is -0.375. The van der Waals surface area contributed by atoms with Crippen molar-refractivity contribution in [1.29, 1.82) is 0 Å². The Morgan fingerprint density at radius 1 is 1.06 bits per heavy atom. The van der Waals surface area contributed by atoms with Crippen molar-refractivity contribution in [3.8, 4) is 0 Å². The molecule has 0 aliphatic carbocycles. The molecule has 0 saturated carbocycles. The van der Waals surface area contributed by atoms with Crippen LogP contribution in [0.3, 0.4) is 0 Å². The van der Waals surface area contributed by atoms with Crippen LogP contribution >= 0.6 is 15.9 Å². The summed E-state index contributed by atoms with van der Waals surface area (Å²) in [5, 5.41) is 3.25.